The number of hydrogen-bond acceptors (Lipinski definition) is 4. The first kappa shape index (κ1) is 9.39. The number of aromatic amines is 1. The molecule has 1 atom stereocenters. The Kier molecular flexibility index (Phi) is 2.14. The molecular weight excluding hydrogens is 204 g/mol. The molecule has 76 valence electrons. The lowest BCUT2D eigenvalue weighted by Crippen LogP contribution is -2.08. The number of carbonyl (C=O) groups excluding carboxylic acids is 1. The fourth-order valence-corrected chi connectivity index (χ4v) is 3.61. The van der Waals surface area contributed by atoms with Gasteiger partial charge in [-0.3, -0.25) is 9.89 Å². The highest BCUT2D eigenvalue weighted by molar-refractivity contribution is 7.91. The lowest BCUT2D eigenvalue weighted by molar-refractivity contribution is 0.111. The van der Waals surface area contributed by atoms with E-state index in [9.17, 15) is 13.2 Å². The molecule has 1 fully saturated rings. The maximum absolute atomic E-state index is 11.5. The van der Waals surface area contributed by atoms with Crippen LogP contribution in [0.1, 0.15) is 34.3 Å². The van der Waals surface area contributed by atoms with Gasteiger partial charge in [0.15, 0.2) is 16.1 Å². The molecule has 14 heavy (non-hydrogen) atoms. The largest absolute Gasteiger partial charge is 0.296 e. The normalized spacial score (nSPS) is 25.0. The molecule has 0 radical (unpaired) electrons. The van der Waals surface area contributed by atoms with E-state index in [-0.39, 0.29) is 11.4 Å². The Morgan fingerprint density at radius 3 is 2.86 bits per heavy atom. The van der Waals surface area contributed by atoms with Crippen LogP contribution in [0.15, 0.2) is 6.07 Å². The van der Waals surface area contributed by atoms with Gasteiger partial charge in [-0.2, -0.15) is 5.10 Å². The molecule has 1 aromatic heterocycles. The fraction of sp³-hybridized carbons (Fsp3) is 0.500. The van der Waals surface area contributed by atoms with Crippen LogP contribution in [-0.4, -0.2) is 30.7 Å². The topological polar surface area (TPSA) is 79.9 Å². The predicted molar refractivity (Wildman–Crippen MR) is 49.7 cm³/mol. The number of nitrogens with zero attached hydrogens (tertiary/aromatic N) is 1. The molecule has 0 aromatic carbocycles. The lowest BCUT2D eigenvalue weighted by Gasteiger charge is -2.04. The molecule has 5 nitrogen and oxygen atoms in total. The standard InChI is InChI=1S/C8H10N2O3S/c11-5-6-4-7(10-9-6)8-2-1-3-14(8,12)13/h4-5,8H,1-3H2,(H,9,10). The quantitative estimate of drug-likeness (QED) is 0.726. The molecule has 0 amide bonds. The van der Waals surface area contributed by atoms with Crippen LogP contribution >= 0.6 is 0 Å². The highest BCUT2D eigenvalue weighted by atomic mass is 32.2. The third-order valence-electron chi connectivity index (χ3n) is 2.41. The first-order valence-electron chi connectivity index (χ1n) is 4.35. The van der Waals surface area contributed by atoms with Gasteiger partial charge in [-0.05, 0) is 18.9 Å². The van der Waals surface area contributed by atoms with E-state index in [1.54, 1.807) is 0 Å². The Balaban J connectivity index is 2.35. The van der Waals surface area contributed by atoms with E-state index in [0.29, 0.717) is 24.8 Å². The van der Waals surface area contributed by atoms with E-state index in [1.807, 2.05) is 0 Å². The lowest BCUT2D eigenvalue weighted by atomic mass is 10.2. The monoisotopic (exact) mass is 214 g/mol. The summed E-state index contributed by atoms with van der Waals surface area (Å²) in [6.45, 7) is 0. The molecule has 6 heteroatoms. The van der Waals surface area contributed by atoms with Crippen molar-refractivity contribution in [1.82, 2.24) is 10.2 Å². The van der Waals surface area contributed by atoms with Crippen molar-refractivity contribution < 1.29 is 13.2 Å². The minimum absolute atomic E-state index is 0.229. The average Bonchev–Trinajstić information content (AvgIpc) is 2.70. The number of carbonyl (C=O) groups is 1. The Morgan fingerprint density at radius 1 is 1.57 bits per heavy atom. The maximum atomic E-state index is 11.5. The molecule has 1 N–H and O–H groups in total. The van der Waals surface area contributed by atoms with Gasteiger partial charge in [-0.25, -0.2) is 8.42 Å². The SMILES string of the molecule is O=Cc1cc(C2CCCS2(=O)=O)[nH]n1. The van der Waals surface area contributed by atoms with E-state index >= 15 is 0 Å². The van der Waals surface area contributed by atoms with Crippen LogP contribution in [0.25, 0.3) is 0 Å². The third-order valence-corrected chi connectivity index (χ3v) is 4.63. The van der Waals surface area contributed by atoms with Crippen molar-refractivity contribution in [3.63, 3.8) is 0 Å². The van der Waals surface area contributed by atoms with E-state index in [2.05, 4.69) is 10.2 Å². The second kappa shape index (κ2) is 3.20. The van der Waals surface area contributed by atoms with Gasteiger partial charge in [0.05, 0.1) is 11.4 Å². The minimum atomic E-state index is -3.02. The van der Waals surface area contributed by atoms with Gasteiger partial charge in [-0.1, -0.05) is 0 Å². The second-order valence-corrected chi connectivity index (χ2v) is 5.67. The summed E-state index contributed by atoms with van der Waals surface area (Å²) in [6, 6.07) is 1.50. The van der Waals surface area contributed by atoms with Crippen LogP contribution < -0.4 is 0 Å². The first-order valence-corrected chi connectivity index (χ1v) is 6.07. The Hall–Kier alpha value is -1.17. The van der Waals surface area contributed by atoms with Gasteiger partial charge < -0.3 is 0 Å². The maximum Gasteiger partial charge on any atom is 0.170 e. The molecule has 1 saturated heterocycles. The van der Waals surface area contributed by atoms with Crippen LogP contribution in [0.4, 0.5) is 0 Å². The minimum Gasteiger partial charge on any atom is -0.296 e. The summed E-state index contributed by atoms with van der Waals surface area (Å²) in [7, 11) is -3.02. The summed E-state index contributed by atoms with van der Waals surface area (Å²) < 4.78 is 23.0. The Labute approximate surface area is 81.4 Å². The number of hydrogen-bond donors (Lipinski definition) is 1. The molecule has 0 spiro atoms. The highest BCUT2D eigenvalue weighted by Crippen LogP contribution is 2.33. The van der Waals surface area contributed by atoms with Crippen LogP contribution in [0.3, 0.4) is 0 Å². The highest BCUT2D eigenvalue weighted by Gasteiger charge is 2.33. The summed E-state index contributed by atoms with van der Waals surface area (Å²) in [5.74, 6) is 0.229. The summed E-state index contributed by atoms with van der Waals surface area (Å²) >= 11 is 0. The molecule has 1 unspecified atom stereocenters. The molecule has 2 heterocycles. The number of rotatable bonds is 2. The summed E-state index contributed by atoms with van der Waals surface area (Å²) in [4.78, 5) is 10.4. The smallest absolute Gasteiger partial charge is 0.170 e. The molecule has 1 aliphatic rings. The third kappa shape index (κ3) is 1.45. The van der Waals surface area contributed by atoms with Gasteiger partial charge in [0.25, 0.3) is 0 Å². The predicted octanol–water partition coefficient (Wildman–Crippen LogP) is 0.472. The van der Waals surface area contributed by atoms with Gasteiger partial charge in [0, 0.05) is 0 Å². The number of H-pyrrole nitrogens is 1. The van der Waals surface area contributed by atoms with Crippen LogP contribution in [0.5, 0.6) is 0 Å². The molecule has 0 bridgehead atoms. The van der Waals surface area contributed by atoms with Crippen molar-refractivity contribution in [1.29, 1.82) is 0 Å². The van der Waals surface area contributed by atoms with Crippen molar-refractivity contribution >= 4 is 16.1 Å². The molecular formula is C8H10N2O3S. The number of nitrogens with one attached hydrogen (secondary N) is 1. The van der Waals surface area contributed by atoms with Crippen LogP contribution in [-0.2, 0) is 9.84 Å². The van der Waals surface area contributed by atoms with Crippen molar-refractivity contribution in [2.45, 2.75) is 18.1 Å². The summed E-state index contributed by atoms with van der Waals surface area (Å²) in [6.07, 6.45) is 1.90. The van der Waals surface area contributed by atoms with E-state index < -0.39 is 15.1 Å². The second-order valence-electron chi connectivity index (χ2n) is 3.36. The van der Waals surface area contributed by atoms with Crippen molar-refractivity contribution in [2.75, 3.05) is 5.75 Å². The molecule has 1 aromatic rings. The van der Waals surface area contributed by atoms with Crippen molar-refractivity contribution in [3.8, 4) is 0 Å². The number of aromatic nitrogens is 2. The van der Waals surface area contributed by atoms with Gasteiger partial charge in [0.1, 0.15) is 10.9 Å². The van der Waals surface area contributed by atoms with Gasteiger partial charge in [-0.15, -0.1) is 0 Å². The van der Waals surface area contributed by atoms with Crippen molar-refractivity contribution in [3.05, 3.63) is 17.5 Å². The molecule has 2 rings (SSSR count). The zero-order chi connectivity index (χ0) is 10.2. The van der Waals surface area contributed by atoms with Gasteiger partial charge in [0.2, 0.25) is 0 Å². The van der Waals surface area contributed by atoms with E-state index in [0.717, 1.165) is 0 Å². The van der Waals surface area contributed by atoms with E-state index in [4.69, 9.17) is 0 Å². The van der Waals surface area contributed by atoms with Crippen LogP contribution in [0.2, 0.25) is 0 Å². The van der Waals surface area contributed by atoms with Crippen molar-refractivity contribution in [2.24, 2.45) is 0 Å². The molecule has 1 aliphatic heterocycles. The number of sulfone groups is 1. The number of aldehydes is 1. The summed E-state index contributed by atoms with van der Waals surface area (Å²) in [5.41, 5.74) is 0.784. The van der Waals surface area contributed by atoms with E-state index in [1.165, 1.54) is 6.07 Å². The summed E-state index contributed by atoms with van der Waals surface area (Å²) in [5, 5.41) is 5.78. The Morgan fingerprint density at radius 2 is 2.36 bits per heavy atom. The average molecular weight is 214 g/mol. The fourth-order valence-electron chi connectivity index (χ4n) is 1.72. The zero-order valence-electron chi connectivity index (χ0n) is 7.43. The zero-order valence-corrected chi connectivity index (χ0v) is 8.25. The first-order chi connectivity index (χ1) is 6.63. The molecule has 0 saturated carbocycles. The van der Waals surface area contributed by atoms with Gasteiger partial charge >= 0.3 is 0 Å². The Bertz CT molecular complexity index is 449. The molecule has 0 aliphatic carbocycles. The van der Waals surface area contributed by atoms with Crippen LogP contribution in [0, 0.1) is 0 Å².